The summed E-state index contributed by atoms with van der Waals surface area (Å²) in [6.07, 6.45) is 4.10. The van der Waals surface area contributed by atoms with Crippen LogP contribution in [0.25, 0.3) is 0 Å². The molecule has 0 aromatic heterocycles. The van der Waals surface area contributed by atoms with Crippen molar-refractivity contribution in [3.63, 3.8) is 0 Å². The lowest BCUT2D eigenvalue weighted by Crippen LogP contribution is -2.49. The van der Waals surface area contributed by atoms with Gasteiger partial charge in [-0.2, -0.15) is 0 Å². The van der Waals surface area contributed by atoms with Crippen molar-refractivity contribution in [3.05, 3.63) is 0 Å². The molecular weight excluding hydrogens is 304 g/mol. The molecule has 0 aromatic carbocycles. The van der Waals surface area contributed by atoms with Gasteiger partial charge in [-0.25, -0.2) is 0 Å². The van der Waals surface area contributed by atoms with Crippen LogP contribution < -0.4 is 5.32 Å². The zero-order chi connectivity index (χ0) is 16.1. The van der Waals surface area contributed by atoms with Gasteiger partial charge in [0.1, 0.15) is 6.04 Å². The highest BCUT2D eigenvalue weighted by atomic mass is 32.2. The minimum Gasteiger partial charge on any atom is -0.481 e. The van der Waals surface area contributed by atoms with E-state index in [-0.39, 0.29) is 23.8 Å². The Bertz CT molecular complexity index is 443. The molecule has 0 spiro atoms. The van der Waals surface area contributed by atoms with Crippen molar-refractivity contribution >= 4 is 29.5 Å². The molecule has 22 heavy (non-hydrogen) atoms. The fourth-order valence-corrected chi connectivity index (χ4v) is 4.19. The molecule has 1 aliphatic heterocycles. The smallest absolute Gasteiger partial charge is 0.306 e. The summed E-state index contributed by atoms with van der Waals surface area (Å²) in [6.45, 7) is 2.04. The number of hydrogen-bond donors (Lipinski definition) is 2. The standard InChI is InChI=1S/C15H24N2O4S/c1-2-3-4-13(18)17-9-22-8-12(17)14(19)16-11-6-5-10(7-11)15(20)21/h10-12H,2-9H2,1H3,(H,16,19)(H,20,21)/t10-,11+,12?/m1/s1. The normalized spacial score (nSPS) is 27.9. The number of carbonyl (C=O) groups is 3. The first-order valence-corrected chi connectivity index (χ1v) is 9.08. The second-order valence-electron chi connectivity index (χ2n) is 6.04. The van der Waals surface area contributed by atoms with Gasteiger partial charge in [0, 0.05) is 18.2 Å². The Morgan fingerprint density at radius 2 is 2.09 bits per heavy atom. The van der Waals surface area contributed by atoms with Crippen molar-refractivity contribution in [3.8, 4) is 0 Å². The number of unbranched alkanes of at least 4 members (excludes halogenated alkanes) is 1. The highest BCUT2D eigenvalue weighted by Gasteiger charge is 2.37. The van der Waals surface area contributed by atoms with Crippen LogP contribution in [0.2, 0.25) is 0 Å². The summed E-state index contributed by atoms with van der Waals surface area (Å²) >= 11 is 1.59. The quantitative estimate of drug-likeness (QED) is 0.770. The summed E-state index contributed by atoms with van der Waals surface area (Å²) in [5.41, 5.74) is 0. The molecule has 0 aromatic rings. The molecule has 1 aliphatic carbocycles. The Hall–Kier alpha value is -1.24. The van der Waals surface area contributed by atoms with Crippen LogP contribution in [0.4, 0.5) is 0 Å². The van der Waals surface area contributed by atoms with Crippen LogP contribution in [-0.2, 0) is 14.4 Å². The average molecular weight is 328 g/mol. The molecule has 1 unspecified atom stereocenters. The molecule has 0 bridgehead atoms. The van der Waals surface area contributed by atoms with E-state index < -0.39 is 12.0 Å². The van der Waals surface area contributed by atoms with Crippen LogP contribution in [0, 0.1) is 5.92 Å². The first-order chi connectivity index (χ1) is 10.5. The summed E-state index contributed by atoms with van der Waals surface area (Å²) in [6, 6.07) is -0.481. The zero-order valence-electron chi connectivity index (χ0n) is 12.9. The maximum Gasteiger partial charge on any atom is 0.306 e. The van der Waals surface area contributed by atoms with Crippen LogP contribution in [0.15, 0.2) is 0 Å². The monoisotopic (exact) mass is 328 g/mol. The first-order valence-electron chi connectivity index (χ1n) is 7.93. The molecule has 2 fully saturated rings. The molecule has 1 heterocycles. The van der Waals surface area contributed by atoms with Gasteiger partial charge < -0.3 is 15.3 Å². The molecule has 124 valence electrons. The van der Waals surface area contributed by atoms with Gasteiger partial charge in [-0.1, -0.05) is 13.3 Å². The van der Waals surface area contributed by atoms with E-state index in [0.717, 1.165) is 12.8 Å². The van der Waals surface area contributed by atoms with Gasteiger partial charge in [0.2, 0.25) is 11.8 Å². The maximum absolute atomic E-state index is 12.4. The van der Waals surface area contributed by atoms with Crippen LogP contribution >= 0.6 is 11.8 Å². The van der Waals surface area contributed by atoms with Crippen molar-refractivity contribution in [1.29, 1.82) is 0 Å². The molecule has 3 atom stereocenters. The molecular formula is C15H24N2O4S. The lowest BCUT2D eigenvalue weighted by molar-refractivity contribution is -0.141. The molecule has 1 saturated carbocycles. The van der Waals surface area contributed by atoms with Crippen LogP contribution in [0.3, 0.4) is 0 Å². The number of nitrogens with one attached hydrogen (secondary N) is 1. The van der Waals surface area contributed by atoms with E-state index in [1.165, 1.54) is 0 Å². The molecule has 1 saturated heterocycles. The van der Waals surface area contributed by atoms with Crippen molar-refractivity contribution in [2.75, 3.05) is 11.6 Å². The van der Waals surface area contributed by atoms with E-state index in [1.54, 1.807) is 16.7 Å². The zero-order valence-corrected chi connectivity index (χ0v) is 13.7. The summed E-state index contributed by atoms with van der Waals surface area (Å²) in [5, 5.41) is 11.9. The molecule has 2 amide bonds. The molecule has 0 radical (unpaired) electrons. The van der Waals surface area contributed by atoms with E-state index in [2.05, 4.69) is 5.32 Å². The van der Waals surface area contributed by atoms with Gasteiger partial charge in [0.25, 0.3) is 0 Å². The molecule has 2 aliphatic rings. The third-order valence-electron chi connectivity index (χ3n) is 4.38. The Labute approximate surface area is 135 Å². The fourth-order valence-electron chi connectivity index (χ4n) is 3.01. The van der Waals surface area contributed by atoms with E-state index in [1.807, 2.05) is 6.92 Å². The van der Waals surface area contributed by atoms with Crippen molar-refractivity contribution < 1.29 is 19.5 Å². The number of carbonyl (C=O) groups excluding carboxylic acids is 2. The van der Waals surface area contributed by atoms with E-state index in [0.29, 0.717) is 37.3 Å². The van der Waals surface area contributed by atoms with Crippen LogP contribution in [0.1, 0.15) is 45.4 Å². The Morgan fingerprint density at radius 3 is 2.73 bits per heavy atom. The minimum absolute atomic E-state index is 0.0434. The summed E-state index contributed by atoms with van der Waals surface area (Å²) in [4.78, 5) is 37.2. The lowest BCUT2D eigenvalue weighted by atomic mass is 10.1. The highest BCUT2D eigenvalue weighted by molar-refractivity contribution is 7.99. The van der Waals surface area contributed by atoms with Crippen molar-refractivity contribution in [1.82, 2.24) is 10.2 Å². The summed E-state index contributed by atoms with van der Waals surface area (Å²) in [5.74, 6) is -0.0373. The number of aliphatic carboxylic acids is 1. The van der Waals surface area contributed by atoms with Gasteiger partial charge in [-0.15, -0.1) is 11.8 Å². The largest absolute Gasteiger partial charge is 0.481 e. The molecule has 6 nitrogen and oxygen atoms in total. The number of carboxylic acid groups (broad SMARTS) is 1. The Morgan fingerprint density at radius 1 is 1.32 bits per heavy atom. The number of rotatable bonds is 6. The minimum atomic E-state index is -0.787. The second-order valence-corrected chi connectivity index (χ2v) is 7.04. The highest BCUT2D eigenvalue weighted by Crippen LogP contribution is 2.27. The maximum atomic E-state index is 12.4. The van der Waals surface area contributed by atoms with E-state index >= 15 is 0 Å². The van der Waals surface area contributed by atoms with Gasteiger partial charge in [-0.05, 0) is 25.7 Å². The van der Waals surface area contributed by atoms with Crippen LogP contribution in [-0.4, -0.2) is 51.5 Å². The van der Waals surface area contributed by atoms with Gasteiger partial charge in [0.05, 0.1) is 11.8 Å². The Kier molecular flexibility index (Phi) is 6.11. The third-order valence-corrected chi connectivity index (χ3v) is 5.39. The molecule has 2 rings (SSSR count). The number of amides is 2. The lowest BCUT2D eigenvalue weighted by Gasteiger charge is -2.24. The summed E-state index contributed by atoms with van der Waals surface area (Å²) in [7, 11) is 0. The summed E-state index contributed by atoms with van der Waals surface area (Å²) < 4.78 is 0. The van der Waals surface area contributed by atoms with Gasteiger partial charge >= 0.3 is 5.97 Å². The van der Waals surface area contributed by atoms with Crippen LogP contribution in [0.5, 0.6) is 0 Å². The SMILES string of the molecule is CCCCC(=O)N1CSCC1C(=O)N[C@H]1CC[C@@H](C(=O)O)C1. The molecule has 7 heteroatoms. The van der Waals surface area contributed by atoms with Gasteiger partial charge in [-0.3, -0.25) is 14.4 Å². The fraction of sp³-hybridized carbons (Fsp3) is 0.800. The number of thioether (sulfide) groups is 1. The first kappa shape index (κ1) is 17.1. The van der Waals surface area contributed by atoms with Crippen molar-refractivity contribution in [2.24, 2.45) is 5.92 Å². The van der Waals surface area contributed by atoms with Crippen molar-refractivity contribution in [2.45, 2.75) is 57.5 Å². The van der Waals surface area contributed by atoms with Gasteiger partial charge in [0.15, 0.2) is 0 Å². The Balaban J connectivity index is 1.86. The number of carboxylic acids is 1. The third kappa shape index (κ3) is 4.15. The number of hydrogen-bond acceptors (Lipinski definition) is 4. The number of nitrogens with zero attached hydrogens (tertiary/aromatic N) is 1. The van der Waals surface area contributed by atoms with E-state index in [4.69, 9.17) is 5.11 Å². The van der Waals surface area contributed by atoms with E-state index in [9.17, 15) is 14.4 Å². The predicted octanol–water partition coefficient (Wildman–Crippen LogP) is 1.45. The molecule has 2 N–H and O–H groups in total. The topological polar surface area (TPSA) is 86.7 Å². The predicted molar refractivity (Wildman–Crippen MR) is 84.4 cm³/mol. The second kappa shape index (κ2) is 7.85. The average Bonchev–Trinajstić information content (AvgIpc) is 3.13.